The normalized spacial score (nSPS) is 26.9. The Morgan fingerprint density at radius 2 is 1.72 bits per heavy atom. The number of rotatable bonds is 7. The highest BCUT2D eigenvalue weighted by Crippen LogP contribution is 2.27. The fourth-order valence-electron chi connectivity index (χ4n) is 3.09. The van der Waals surface area contributed by atoms with Crippen molar-refractivity contribution in [3.63, 3.8) is 0 Å². The molecule has 0 amide bonds. The number of aryl methyl sites for hydroxylation is 1. The standard InChI is InChI=1S/C20H26N2O7/c1-3-11-4-6-12(7-5-11)8-13-9-21-20(27-2)22-18(13)29-19-17(26)16(25)15(24)14(10-23)28-19/h4-7,9,14-17,19,23-26H,3,8,10H2,1-2H3/t14-,15+,16+,17-,19+/m1/s1. The summed E-state index contributed by atoms with van der Waals surface area (Å²) in [6, 6.07) is 8.14. The molecule has 2 heterocycles. The lowest BCUT2D eigenvalue weighted by Crippen LogP contribution is -2.60. The molecule has 5 atom stereocenters. The van der Waals surface area contributed by atoms with Crippen molar-refractivity contribution in [1.82, 2.24) is 9.97 Å². The van der Waals surface area contributed by atoms with Gasteiger partial charge in [0.05, 0.1) is 13.7 Å². The minimum absolute atomic E-state index is 0.0645. The molecule has 0 saturated carbocycles. The van der Waals surface area contributed by atoms with E-state index in [0.717, 1.165) is 12.0 Å². The van der Waals surface area contributed by atoms with Gasteiger partial charge < -0.3 is 34.6 Å². The van der Waals surface area contributed by atoms with E-state index in [1.807, 2.05) is 24.3 Å². The molecule has 9 heteroatoms. The number of methoxy groups -OCH3 is 1. The molecule has 0 aliphatic carbocycles. The van der Waals surface area contributed by atoms with Crippen molar-refractivity contribution in [2.45, 2.75) is 50.5 Å². The minimum atomic E-state index is -1.54. The maximum Gasteiger partial charge on any atom is 0.319 e. The van der Waals surface area contributed by atoms with E-state index in [9.17, 15) is 20.4 Å². The third-order valence-corrected chi connectivity index (χ3v) is 4.89. The van der Waals surface area contributed by atoms with Crippen LogP contribution in [0.3, 0.4) is 0 Å². The number of hydrogen-bond donors (Lipinski definition) is 4. The van der Waals surface area contributed by atoms with Gasteiger partial charge in [0, 0.05) is 18.2 Å². The van der Waals surface area contributed by atoms with Crippen molar-refractivity contribution in [1.29, 1.82) is 0 Å². The molecule has 29 heavy (non-hydrogen) atoms. The van der Waals surface area contributed by atoms with E-state index >= 15 is 0 Å². The first-order valence-electron chi connectivity index (χ1n) is 9.41. The predicted molar refractivity (Wildman–Crippen MR) is 102 cm³/mol. The number of benzene rings is 1. The van der Waals surface area contributed by atoms with Crippen molar-refractivity contribution in [3.05, 3.63) is 47.2 Å². The Kier molecular flexibility index (Phi) is 6.99. The minimum Gasteiger partial charge on any atom is -0.467 e. The first-order chi connectivity index (χ1) is 14.0. The zero-order valence-corrected chi connectivity index (χ0v) is 16.3. The van der Waals surface area contributed by atoms with Crippen molar-refractivity contribution in [3.8, 4) is 11.9 Å². The van der Waals surface area contributed by atoms with Crippen molar-refractivity contribution < 1.29 is 34.6 Å². The van der Waals surface area contributed by atoms with E-state index in [2.05, 4.69) is 16.9 Å². The lowest BCUT2D eigenvalue weighted by Gasteiger charge is -2.39. The van der Waals surface area contributed by atoms with Crippen LogP contribution in [-0.4, -0.2) is 74.8 Å². The summed E-state index contributed by atoms with van der Waals surface area (Å²) < 4.78 is 16.2. The number of aliphatic hydroxyl groups excluding tert-OH is 4. The van der Waals surface area contributed by atoms with Crippen molar-refractivity contribution in [2.24, 2.45) is 0 Å². The van der Waals surface area contributed by atoms with Gasteiger partial charge in [0.25, 0.3) is 0 Å². The Balaban J connectivity index is 1.84. The van der Waals surface area contributed by atoms with Crippen LogP contribution < -0.4 is 9.47 Å². The highest BCUT2D eigenvalue weighted by atomic mass is 16.7. The first-order valence-corrected chi connectivity index (χ1v) is 9.41. The second-order valence-corrected chi connectivity index (χ2v) is 6.85. The van der Waals surface area contributed by atoms with Gasteiger partial charge >= 0.3 is 6.01 Å². The molecule has 158 valence electrons. The van der Waals surface area contributed by atoms with Crippen molar-refractivity contribution >= 4 is 0 Å². The highest BCUT2D eigenvalue weighted by Gasteiger charge is 2.45. The van der Waals surface area contributed by atoms with Gasteiger partial charge in [0.1, 0.15) is 24.4 Å². The molecular formula is C20H26N2O7. The second kappa shape index (κ2) is 9.47. The number of aliphatic hydroxyl groups is 4. The van der Waals surface area contributed by atoms with Gasteiger partial charge in [-0.25, -0.2) is 4.98 Å². The van der Waals surface area contributed by atoms with Crippen LogP contribution in [0.1, 0.15) is 23.6 Å². The van der Waals surface area contributed by atoms with Gasteiger partial charge in [-0.15, -0.1) is 0 Å². The molecular weight excluding hydrogens is 380 g/mol. The molecule has 1 aliphatic heterocycles. The Morgan fingerprint density at radius 3 is 2.34 bits per heavy atom. The molecule has 1 aromatic heterocycles. The number of nitrogens with zero attached hydrogens (tertiary/aromatic N) is 2. The van der Waals surface area contributed by atoms with Gasteiger partial charge in [-0.2, -0.15) is 4.98 Å². The molecule has 4 N–H and O–H groups in total. The summed E-state index contributed by atoms with van der Waals surface area (Å²) in [4.78, 5) is 8.30. The average molecular weight is 406 g/mol. The molecule has 1 aliphatic rings. The fraction of sp³-hybridized carbons (Fsp3) is 0.500. The second-order valence-electron chi connectivity index (χ2n) is 6.85. The van der Waals surface area contributed by atoms with Gasteiger partial charge in [0.2, 0.25) is 12.2 Å². The Hall–Kier alpha value is -2.30. The summed E-state index contributed by atoms with van der Waals surface area (Å²) in [7, 11) is 1.41. The molecule has 1 aromatic carbocycles. The maximum absolute atomic E-state index is 10.2. The van der Waals surface area contributed by atoms with Gasteiger partial charge in [-0.05, 0) is 17.5 Å². The van der Waals surface area contributed by atoms with Crippen LogP contribution in [0.15, 0.2) is 30.5 Å². The first kappa shape index (κ1) is 21.4. The monoisotopic (exact) mass is 406 g/mol. The van der Waals surface area contributed by atoms with E-state index < -0.39 is 37.3 Å². The van der Waals surface area contributed by atoms with Crippen LogP contribution >= 0.6 is 0 Å². The molecule has 0 spiro atoms. The quantitative estimate of drug-likeness (QED) is 0.494. The summed E-state index contributed by atoms with van der Waals surface area (Å²) >= 11 is 0. The number of aromatic nitrogens is 2. The molecule has 9 nitrogen and oxygen atoms in total. The van der Waals surface area contributed by atoms with Gasteiger partial charge in [-0.3, -0.25) is 0 Å². The molecule has 0 radical (unpaired) electrons. The molecule has 1 saturated heterocycles. The third kappa shape index (κ3) is 4.82. The summed E-state index contributed by atoms with van der Waals surface area (Å²) in [6.45, 7) is 1.54. The van der Waals surface area contributed by atoms with Crippen LogP contribution in [-0.2, 0) is 17.6 Å². The fourth-order valence-corrected chi connectivity index (χ4v) is 3.09. The van der Waals surface area contributed by atoms with Crippen LogP contribution in [0.5, 0.6) is 11.9 Å². The SMILES string of the molecule is CCc1ccc(Cc2cnc(OC)nc2O[C@@H]2O[C@H](CO)[C@H](O)[C@H](O)[C@H]2O)cc1. The van der Waals surface area contributed by atoms with Crippen molar-refractivity contribution in [2.75, 3.05) is 13.7 Å². The average Bonchev–Trinajstić information content (AvgIpc) is 2.75. The number of hydrogen-bond acceptors (Lipinski definition) is 9. The van der Waals surface area contributed by atoms with Crippen LogP contribution in [0.4, 0.5) is 0 Å². The zero-order chi connectivity index (χ0) is 21.0. The molecule has 3 rings (SSSR count). The topological polar surface area (TPSA) is 134 Å². The Morgan fingerprint density at radius 1 is 1.03 bits per heavy atom. The molecule has 1 fully saturated rings. The van der Waals surface area contributed by atoms with Gasteiger partial charge in [-0.1, -0.05) is 31.2 Å². The van der Waals surface area contributed by atoms with E-state index in [-0.39, 0.29) is 11.9 Å². The van der Waals surface area contributed by atoms with E-state index in [1.165, 1.54) is 12.7 Å². The lowest BCUT2D eigenvalue weighted by atomic mass is 9.99. The summed E-state index contributed by atoms with van der Waals surface area (Å²) in [5.74, 6) is 0.112. The lowest BCUT2D eigenvalue weighted by molar-refractivity contribution is -0.278. The van der Waals surface area contributed by atoms with Crippen LogP contribution in [0.25, 0.3) is 0 Å². The number of ether oxygens (including phenoxy) is 3. The predicted octanol–water partition coefficient (Wildman–Crippen LogP) is -0.183. The smallest absolute Gasteiger partial charge is 0.319 e. The van der Waals surface area contributed by atoms with E-state index in [1.54, 1.807) is 6.20 Å². The highest BCUT2D eigenvalue weighted by molar-refractivity contribution is 5.33. The molecule has 2 aromatic rings. The van der Waals surface area contributed by atoms with E-state index in [0.29, 0.717) is 12.0 Å². The summed E-state index contributed by atoms with van der Waals surface area (Å²) in [6.07, 6.45) is -4.01. The largest absolute Gasteiger partial charge is 0.467 e. The van der Waals surface area contributed by atoms with E-state index in [4.69, 9.17) is 14.2 Å². The molecule has 0 bridgehead atoms. The summed E-state index contributed by atoms with van der Waals surface area (Å²) in [5, 5.41) is 39.5. The Labute approximate surface area is 168 Å². The molecule has 0 unspecified atom stereocenters. The van der Waals surface area contributed by atoms with Crippen LogP contribution in [0.2, 0.25) is 0 Å². The zero-order valence-electron chi connectivity index (χ0n) is 16.3. The van der Waals surface area contributed by atoms with Crippen LogP contribution in [0, 0.1) is 0 Å². The Bertz CT molecular complexity index is 800. The van der Waals surface area contributed by atoms with Gasteiger partial charge in [0.15, 0.2) is 0 Å². The third-order valence-electron chi connectivity index (χ3n) is 4.89. The maximum atomic E-state index is 10.2. The summed E-state index contributed by atoms with van der Waals surface area (Å²) in [5.41, 5.74) is 2.85.